The van der Waals surface area contributed by atoms with Crippen LogP contribution in [0, 0.1) is 5.92 Å². The van der Waals surface area contributed by atoms with Crippen molar-refractivity contribution in [2.24, 2.45) is 5.92 Å². The third-order valence-corrected chi connectivity index (χ3v) is 4.40. The standard InChI is InChI=1S/C13H20N4O3S/c1-2-9(5-12(19)20)6-14-11(18)7-21-13-16-15-8-17(13)10-3-4-10/h8-10H,2-7H2,1H3,(H,14,18)(H,19,20). The summed E-state index contributed by atoms with van der Waals surface area (Å²) in [6, 6.07) is 0.491. The van der Waals surface area contributed by atoms with Crippen LogP contribution in [0.4, 0.5) is 0 Å². The van der Waals surface area contributed by atoms with Crippen molar-refractivity contribution in [3.63, 3.8) is 0 Å². The smallest absolute Gasteiger partial charge is 0.303 e. The quantitative estimate of drug-likeness (QED) is 0.668. The molecule has 0 radical (unpaired) electrons. The molecule has 1 aliphatic carbocycles. The normalized spacial score (nSPS) is 15.7. The van der Waals surface area contributed by atoms with Crippen LogP contribution in [0.15, 0.2) is 11.5 Å². The number of rotatable bonds is 9. The first-order valence-electron chi connectivity index (χ1n) is 7.11. The lowest BCUT2D eigenvalue weighted by atomic mass is 10.0. The minimum atomic E-state index is -0.831. The molecule has 0 bridgehead atoms. The van der Waals surface area contributed by atoms with Crippen molar-refractivity contribution in [1.29, 1.82) is 0 Å². The zero-order valence-corrected chi connectivity index (χ0v) is 12.8. The van der Waals surface area contributed by atoms with Crippen molar-refractivity contribution in [2.75, 3.05) is 12.3 Å². The fraction of sp³-hybridized carbons (Fsp3) is 0.692. The van der Waals surface area contributed by atoms with Crippen molar-refractivity contribution >= 4 is 23.6 Å². The molecule has 2 N–H and O–H groups in total. The summed E-state index contributed by atoms with van der Waals surface area (Å²) in [5.41, 5.74) is 0. The second kappa shape index (κ2) is 7.44. The van der Waals surface area contributed by atoms with E-state index in [0.29, 0.717) is 12.6 Å². The number of nitrogens with one attached hydrogen (secondary N) is 1. The number of aromatic nitrogens is 3. The highest BCUT2D eigenvalue weighted by molar-refractivity contribution is 7.99. The topological polar surface area (TPSA) is 97.1 Å². The molecule has 1 atom stereocenters. The molecule has 0 aliphatic heterocycles. The van der Waals surface area contributed by atoms with Gasteiger partial charge >= 0.3 is 5.97 Å². The Morgan fingerprint density at radius 3 is 2.95 bits per heavy atom. The molecule has 1 saturated carbocycles. The van der Waals surface area contributed by atoms with E-state index >= 15 is 0 Å². The van der Waals surface area contributed by atoms with Crippen molar-refractivity contribution in [2.45, 2.75) is 43.8 Å². The minimum Gasteiger partial charge on any atom is -0.481 e. The van der Waals surface area contributed by atoms with Gasteiger partial charge in [-0.2, -0.15) is 0 Å². The van der Waals surface area contributed by atoms with Crippen LogP contribution in [-0.2, 0) is 9.59 Å². The number of carboxylic acids is 1. The van der Waals surface area contributed by atoms with Gasteiger partial charge in [-0.15, -0.1) is 10.2 Å². The molecule has 2 rings (SSSR count). The number of aliphatic carboxylic acids is 1. The molecule has 1 aromatic rings. The van der Waals surface area contributed by atoms with E-state index in [-0.39, 0.29) is 24.0 Å². The molecular formula is C13H20N4O3S. The summed E-state index contributed by atoms with van der Waals surface area (Å²) < 4.78 is 2.01. The van der Waals surface area contributed by atoms with Crippen molar-refractivity contribution in [3.8, 4) is 0 Å². The SMILES string of the molecule is CCC(CNC(=O)CSc1nncn1C1CC1)CC(=O)O. The van der Waals surface area contributed by atoms with Crippen molar-refractivity contribution < 1.29 is 14.7 Å². The Hall–Kier alpha value is -1.57. The highest BCUT2D eigenvalue weighted by Crippen LogP contribution is 2.37. The first-order chi connectivity index (χ1) is 10.1. The lowest BCUT2D eigenvalue weighted by Gasteiger charge is -2.13. The maximum absolute atomic E-state index is 11.8. The van der Waals surface area contributed by atoms with Gasteiger partial charge in [0, 0.05) is 19.0 Å². The molecule has 8 heteroatoms. The number of hydrogen-bond acceptors (Lipinski definition) is 5. The van der Waals surface area contributed by atoms with Crippen LogP contribution in [0.25, 0.3) is 0 Å². The van der Waals surface area contributed by atoms with Crippen LogP contribution >= 0.6 is 11.8 Å². The average molecular weight is 312 g/mol. The fourth-order valence-corrected chi connectivity index (χ4v) is 2.80. The number of carbonyl (C=O) groups excluding carboxylic acids is 1. The van der Waals surface area contributed by atoms with Gasteiger partial charge in [-0.1, -0.05) is 25.1 Å². The Bertz CT molecular complexity index is 501. The Morgan fingerprint density at radius 1 is 1.57 bits per heavy atom. The van der Waals surface area contributed by atoms with Gasteiger partial charge in [0.15, 0.2) is 5.16 Å². The summed E-state index contributed by atoms with van der Waals surface area (Å²) in [7, 11) is 0. The summed E-state index contributed by atoms with van der Waals surface area (Å²) in [4.78, 5) is 22.5. The molecule has 0 saturated heterocycles. The highest BCUT2D eigenvalue weighted by atomic mass is 32.2. The lowest BCUT2D eigenvalue weighted by molar-refractivity contribution is -0.138. The van der Waals surface area contributed by atoms with Gasteiger partial charge < -0.3 is 15.0 Å². The van der Waals surface area contributed by atoms with E-state index in [1.807, 2.05) is 11.5 Å². The van der Waals surface area contributed by atoms with E-state index < -0.39 is 5.97 Å². The third kappa shape index (κ3) is 5.04. The van der Waals surface area contributed by atoms with E-state index in [2.05, 4.69) is 15.5 Å². The Balaban J connectivity index is 1.71. The highest BCUT2D eigenvalue weighted by Gasteiger charge is 2.26. The van der Waals surface area contributed by atoms with Gasteiger partial charge in [0.05, 0.1) is 5.75 Å². The maximum Gasteiger partial charge on any atom is 0.303 e. The van der Waals surface area contributed by atoms with E-state index in [0.717, 1.165) is 24.4 Å². The molecule has 1 unspecified atom stereocenters. The zero-order chi connectivity index (χ0) is 15.2. The van der Waals surface area contributed by atoms with E-state index in [9.17, 15) is 9.59 Å². The second-order valence-electron chi connectivity index (χ2n) is 5.22. The number of thioether (sulfide) groups is 1. The fourth-order valence-electron chi connectivity index (χ4n) is 1.99. The maximum atomic E-state index is 11.8. The lowest BCUT2D eigenvalue weighted by Crippen LogP contribution is -2.31. The van der Waals surface area contributed by atoms with E-state index in [1.165, 1.54) is 11.8 Å². The predicted octanol–water partition coefficient (Wildman–Crippen LogP) is 1.32. The molecule has 7 nitrogen and oxygen atoms in total. The first kappa shape index (κ1) is 15.8. The molecule has 1 heterocycles. The van der Waals surface area contributed by atoms with Crippen LogP contribution in [0.5, 0.6) is 0 Å². The van der Waals surface area contributed by atoms with E-state index in [1.54, 1.807) is 6.33 Å². The predicted molar refractivity (Wildman–Crippen MR) is 78.1 cm³/mol. The number of hydrogen-bond donors (Lipinski definition) is 2. The molecule has 0 spiro atoms. The molecule has 21 heavy (non-hydrogen) atoms. The van der Waals surface area contributed by atoms with Crippen LogP contribution in [0.3, 0.4) is 0 Å². The van der Waals surface area contributed by atoms with Crippen LogP contribution in [0.1, 0.15) is 38.6 Å². The molecule has 116 valence electrons. The summed E-state index contributed by atoms with van der Waals surface area (Å²) in [5.74, 6) is -0.682. The number of carbonyl (C=O) groups is 2. The van der Waals surface area contributed by atoms with Crippen LogP contribution in [-0.4, -0.2) is 44.0 Å². The van der Waals surface area contributed by atoms with Gasteiger partial charge in [0.1, 0.15) is 6.33 Å². The van der Waals surface area contributed by atoms with Gasteiger partial charge in [0.2, 0.25) is 5.91 Å². The molecule has 1 fully saturated rings. The second-order valence-corrected chi connectivity index (χ2v) is 6.16. The van der Waals surface area contributed by atoms with Gasteiger partial charge in [0.25, 0.3) is 0 Å². The largest absolute Gasteiger partial charge is 0.481 e. The molecular weight excluding hydrogens is 292 g/mol. The van der Waals surface area contributed by atoms with Gasteiger partial charge in [-0.05, 0) is 18.8 Å². The first-order valence-corrected chi connectivity index (χ1v) is 8.09. The monoisotopic (exact) mass is 312 g/mol. The van der Waals surface area contributed by atoms with Crippen molar-refractivity contribution in [3.05, 3.63) is 6.33 Å². The van der Waals surface area contributed by atoms with E-state index in [4.69, 9.17) is 5.11 Å². The molecule has 1 aromatic heterocycles. The van der Waals surface area contributed by atoms with Gasteiger partial charge in [-0.25, -0.2) is 0 Å². The number of carboxylic acid groups (broad SMARTS) is 1. The Labute approximate surface area is 127 Å². The van der Waals surface area contributed by atoms with Crippen molar-refractivity contribution in [1.82, 2.24) is 20.1 Å². The third-order valence-electron chi connectivity index (χ3n) is 3.44. The van der Waals surface area contributed by atoms with Crippen LogP contribution < -0.4 is 5.32 Å². The zero-order valence-electron chi connectivity index (χ0n) is 12.0. The molecule has 1 aliphatic rings. The summed E-state index contributed by atoms with van der Waals surface area (Å²) in [5, 5.41) is 20.2. The van der Waals surface area contributed by atoms with Gasteiger partial charge in [-0.3, -0.25) is 9.59 Å². The summed E-state index contributed by atoms with van der Waals surface area (Å²) in [6.07, 6.45) is 4.81. The minimum absolute atomic E-state index is 0.0217. The van der Waals surface area contributed by atoms with Crippen LogP contribution in [0.2, 0.25) is 0 Å². The Morgan fingerprint density at radius 2 is 2.33 bits per heavy atom. The Kier molecular flexibility index (Phi) is 5.60. The summed E-state index contributed by atoms with van der Waals surface area (Å²) >= 11 is 1.36. The number of amides is 1. The molecule has 0 aromatic carbocycles. The molecule has 1 amide bonds. The number of nitrogens with zero attached hydrogens (tertiary/aromatic N) is 3. The summed E-state index contributed by atoms with van der Waals surface area (Å²) in [6.45, 7) is 2.32. The average Bonchev–Trinajstić information content (AvgIpc) is 3.19.